The van der Waals surface area contributed by atoms with Gasteiger partial charge in [-0.05, 0) is 20.3 Å². The lowest BCUT2D eigenvalue weighted by atomic mass is 10.4. The average Bonchev–Trinajstić information content (AvgIpc) is 2.45. The first-order valence-corrected chi connectivity index (χ1v) is 6.70. The van der Waals surface area contributed by atoms with Gasteiger partial charge < -0.3 is 28.4 Å². The molecular weight excluding hydrogens is 316 g/mol. The predicted octanol–water partition coefficient (Wildman–Crippen LogP) is 1.41. The van der Waals surface area contributed by atoms with Crippen LogP contribution in [0.15, 0.2) is 0 Å². The second kappa shape index (κ2) is 10.2. The minimum atomic E-state index is -3.15. The Hall–Kier alpha value is -2.52. The Labute approximate surface area is 132 Å². The fourth-order valence-corrected chi connectivity index (χ4v) is 1.13. The molecule has 0 aromatic rings. The lowest BCUT2D eigenvalue weighted by Gasteiger charge is -2.25. The van der Waals surface area contributed by atoms with Crippen molar-refractivity contribution >= 4 is 24.8 Å². The second-order valence-corrected chi connectivity index (χ2v) is 4.31. The molecule has 0 fully saturated rings. The van der Waals surface area contributed by atoms with Gasteiger partial charge in [-0.25, -0.2) is 19.2 Å². The van der Waals surface area contributed by atoms with Crippen molar-refractivity contribution in [2.45, 2.75) is 45.7 Å². The molecule has 0 saturated heterocycles. The normalized spacial score (nSPS) is 12.6. The van der Waals surface area contributed by atoms with Crippen molar-refractivity contribution in [1.29, 1.82) is 0 Å². The summed E-state index contributed by atoms with van der Waals surface area (Å²) in [4.78, 5) is 45.2. The molecule has 1 atom stereocenters. The van der Waals surface area contributed by atoms with Crippen LogP contribution < -0.4 is 0 Å². The SMILES string of the molecule is CCCCOC(=O)OC(O[C]=O)(OC(=O)OC(C)C)C(=O)OC. The highest BCUT2D eigenvalue weighted by Gasteiger charge is 2.54. The summed E-state index contributed by atoms with van der Waals surface area (Å²) >= 11 is 0. The zero-order chi connectivity index (χ0) is 17.9. The number of hydrogen-bond donors (Lipinski definition) is 0. The van der Waals surface area contributed by atoms with Crippen LogP contribution in [0.3, 0.4) is 0 Å². The number of carbonyl (C=O) groups is 3. The molecule has 0 N–H and O–H groups in total. The van der Waals surface area contributed by atoms with Crippen molar-refractivity contribution in [3.05, 3.63) is 0 Å². The number of rotatable bonds is 9. The van der Waals surface area contributed by atoms with E-state index in [-0.39, 0.29) is 6.61 Å². The first kappa shape index (κ1) is 20.5. The molecular formula is C13H19O10. The summed E-state index contributed by atoms with van der Waals surface area (Å²) in [5, 5.41) is 0. The van der Waals surface area contributed by atoms with E-state index in [4.69, 9.17) is 0 Å². The summed E-state index contributed by atoms with van der Waals surface area (Å²) in [5.41, 5.74) is 0. The first-order chi connectivity index (χ1) is 10.8. The molecule has 0 rings (SSSR count). The molecule has 0 bridgehead atoms. The van der Waals surface area contributed by atoms with Gasteiger partial charge in [0.15, 0.2) is 0 Å². The standard InChI is InChI=1S/C13H19O10/c1-5-6-7-19-11(16)22-13(20-8-14,10(15)18-4)23-12(17)21-9(2)3/h9H,5-7H2,1-4H3. The van der Waals surface area contributed by atoms with Crippen LogP contribution in [-0.4, -0.2) is 50.5 Å². The van der Waals surface area contributed by atoms with Crippen LogP contribution in [0.1, 0.15) is 33.6 Å². The molecule has 131 valence electrons. The fourth-order valence-electron chi connectivity index (χ4n) is 1.13. The number of hydrogen-bond acceptors (Lipinski definition) is 10. The molecule has 0 aromatic heterocycles. The highest BCUT2D eigenvalue weighted by molar-refractivity contribution is 5.82. The minimum Gasteiger partial charge on any atom is -0.460 e. The van der Waals surface area contributed by atoms with Gasteiger partial charge in [-0.2, -0.15) is 0 Å². The summed E-state index contributed by atoms with van der Waals surface area (Å²) in [6, 6.07) is 0. The van der Waals surface area contributed by atoms with Gasteiger partial charge in [0, 0.05) is 0 Å². The summed E-state index contributed by atoms with van der Waals surface area (Å²) in [7, 11) is 0.883. The van der Waals surface area contributed by atoms with E-state index in [1.54, 1.807) is 0 Å². The van der Waals surface area contributed by atoms with Gasteiger partial charge >= 0.3 is 30.7 Å². The molecule has 0 aliphatic carbocycles. The summed E-state index contributed by atoms with van der Waals surface area (Å²) in [5.74, 6) is -4.65. The second-order valence-electron chi connectivity index (χ2n) is 4.31. The predicted molar refractivity (Wildman–Crippen MR) is 71.6 cm³/mol. The Morgan fingerprint density at radius 3 is 2.22 bits per heavy atom. The Morgan fingerprint density at radius 2 is 1.74 bits per heavy atom. The molecule has 23 heavy (non-hydrogen) atoms. The molecule has 0 aliphatic heterocycles. The summed E-state index contributed by atoms with van der Waals surface area (Å²) < 4.78 is 26.7. The van der Waals surface area contributed by atoms with Gasteiger partial charge in [0.05, 0.1) is 19.8 Å². The van der Waals surface area contributed by atoms with Crippen LogP contribution in [-0.2, 0) is 38.0 Å². The minimum absolute atomic E-state index is 0.0200. The van der Waals surface area contributed by atoms with Crippen molar-refractivity contribution in [3.63, 3.8) is 0 Å². The van der Waals surface area contributed by atoms with E-state index in [2.05, 4.69) is 28.4 Å². The Balaban J connectivity index is 5.16. The maximum atomic E-state index is 11.7. The van der Waals surface area contributed by atoms with Gasteiger partial charge in [-0.3, -0.25) is 0 Å². The van der Waals surface area contributed by atoms with Crippen molar-refractivity contribution in [3.8, 4) is 0 Å². The smallest absolute Gasteiger partial charge is 0.460 e. The molecule has 0 spiro atoms. The van der Waals surface area contributed by atoms with Gasteiger partial charge in [0.2, 0.25) is 0 Å². The first-order valence-electron chi connectivity index (χ1n) is 6.70. The van der Waals surface area contributed by atoms with Gasteiger partial charge in [-0.1, -0.05) is 13.3 Å². The van der Waals surface area contributed by atoms with Crippen LogP contribution >= 0.6 is 0 Å². The van der Waals surface area contributed by atoms with Crippen molar-refractivity contribution in [2.24, 2.45) is 0 Å². The Kier molecular flexibility index (Phi) is 9.12. The van der Waals surface area contributed by atoms with E-state index >= 15 is 0 Å². The van der Waals surface area contributed by atoms with Crippen molar-refractivity contribution in [2.75, 3.05) is 13.7 Å². The average molecular weight is 335 g/mol. The Bertz CT molecular complexity index is 419. The maximum Gasteiger partial charge on any atom is 0.534 e. The van der Waals surface area contributed by atoms with E-state index in [9.17, 15) is 19.2 Å². The molecule has 0 heterocycles. The number of ether oxygens (including phenoxy) is 6. The highest BCUT2D eigenvalue weighted by Crippen LogP contribution is 2.19. The van der Waals surface area contributed by atoms with Crippen LogP contribution in [0.25, 0.3) is 0 Å². The van der Waals surface area contributed by atoms with Crippen LogP contribution in [0.2, 0.25) is 0 Å². The summed E-state index contributed by atoms with van der Waals surface area (Å²) in [6.45, 7) is 5.66. The van der Waals surface area contributed by atoms with E-state index < -0.39 is 30.4 Å². The van der Waals surface area contributed by atoms with Crippen molar-refractivity contribution in [1.82, 2.24) is 0 Å². The maximum absolute atomic E-state index is 11.7. The fraction of sp³-hybridized carbons (Fsp3) is 0.692. The van der Waals surface area contributed by atoms with E-state index in [1.165, 1.54) is 13.8 Å². The monoisotopic (exact) mass is 335 g/mol. The van der Waals surface area contributed by atoms with Crippen LogP contribution in [0.5, 0.6) is 0 Å². The zero-order valence-electron chi connectivity index (χ0n) is 13.3. The molecule has 10 heteroatoms. The van der Waals surface area contributed by atoms with Crippen LogP contribution in [0, 0.1) is 0 Å². The third-order valence-electron chi connectivity index (χ3n) is 2.10. The lowest BCUT2D eigenvalue weighted by Crippen LogP contribution is -2.50. The van der Waals surface area contributed by atoms with Gasteiger partial charge in [0.25, 0.3) is 0 Å². The molecule has 0 aliphatic rings. The molecule has 0 amide bonds. The van der Waals surface area contributed by atoms with E-state index in [0.29, 0.717) is 6.42 Å². The van der Waals surface area contributed by atoms with E-state index in [0.717, 1.165) is 20.0 Å². The number of unbranched alkanes of at least 4 members (excludes halogenated alkanes) is 1. The van der Waals surface area contributed by atoms with Gasteiger partial charge in [0.1, 0.15) is 0 Å². The van der Waals surface area contributed by atoms with Crippen LogP contribution in [0.4, 0.5) is 9.59 Å². The molecule has 1 radical (unpaired) electrons. The van der Waals surface area contributed by atoms with Crippen molar-refractivity contribution < 1.29 is 47.6 Å². The molecule has 0 saturated carbocycles. The van der Waals surface area contributed by atoms with E-state index in [1.807, 2.05) is 6.92 Å². The third kappa shape index (κ3) is 7.34. The lowest BCUT2D eigenvalue weighted by molar-refractivity contribution is -0.299. The molecule has 10 nitrogen and oxygen atoms in total. The molecule has 0 aromatic carbocycles. The third-order valence-corrected chi connectivity index (χ3v) is 2.10. The van der Waals surface area contributed by atoms with Gasteiger partial charge in [-0.15, -0.1) is 0 Å². The molecule has 1 unspecified atom stereocenters. The number of carbonyl (C=O) groups excluding carboxylic acids is 4. The quantitative estimate of drug-likeness (QED) is 0.264. The number of esters is 1. The zero-order valence-corrected chi connectivity index (χ0v) is 13.3. The number of methoxy groups -OCH3 is 1. The topological polar surface area (TPSA) is 124 Å². The highest BCUT2D eigenvalue weighted by atomic mass is 17.0. The largest absolute Gasteiger partial charge is 0.534 e. The summed E-state index contributed by atoms with van der Waals surface area (Å²) in [6.07, 6.45) is -2.23. The Morgan fingerprint density at radius 1 is 1.13 bits per heavy atom.